The highest BCUT2D eigenvalue weighted by molar-refractivity contribution is 5.69. The van der Waals surface area contributed by atoms with E-state index < -0.39 is 5.97 Å². The molecule has 1 fully saturated rings. The normalized spacial score (nSPS) is 18.3. The number of furan rings is 1. The van der Waals surface area contributed by atoms with E-state index in [4.69, 9.17) is 9.52 Å². The fourth-order valence-corrected chi connectivity index (χ4v) is 2.87. The number of hydrogen-bond donors (Lipinski definition) is 1. The first-order chi connectivity index (χ1) is 8.66. The first-order valence-electron chi connectivity index (χ1n) is 6.66. The first kappa shape index (κ1) is 13.1. The molecule has 0 radical (unpaired) electrons. The van der Waals surface area contributed by atoms with Crippen molar-refractivity contribution in [1.29, 1.82) is 0 Å². The lowest BCUT2D eigenvalue weighted by Gasteiger charge is -2.32. The predicted octanol–water partition coefficient (Wildman–Crippen LogP) is 2.54. The summed E-state index contributed by atoms with van der Waals surface area (Å²) in [6, 6.07) is 4.45. The summed E-state index contributed by atoms with van der Waals surface area (Å²) in [7, 11) is 0. The maximum atomic E-state index is 11.0. The van der Waals surface area contributed by atoms with Gasteiger partial charge in [0, 0.05) is 18.5 Å². The molecule has 1 aliphatic rings. The van der Waals surface area contributed by atoms with Gasteiger partial charge in [0.2, 0.25) is 0 Å². The van der Waals surface area contributed by atoms with Gasteiger partial charge in [-0.25, -0.2) is 0 Å². The zero-order valence-electron chi connectivity index (χ0n) is 10.8. The Bertz CT molecular complexity index is 368. The number of rotatable bonds is 6. The van der Waals surface area contributed by atoms with Gasteiger partial charge in [-0.2, -0.15) is 0 Å². The fraction of sp³-hybridized carbons (Fsp3) is 0.643. The summed E-state index contributed by atoms with van der Waals surface area (Å²) in [6.07, 6.45) is 7.12. The van der Waals surface area contributed by atoms with Crippen molar-refractivity contribution in [3.8, 4) is 0 Å². The quantitative estimate of drug-likeness (QED) is 0.844. The van der Waals surface area contributed by atoms with Crippen molar-refractivity contribution < 1.29 is 14.3 Å². The van der Waals surface area contributed by atoms with Gasteiger partial charge in [0.05, 0.1) is 12.8 Å². The number of carboxylic acids is 1. The Morgan fingerprint density at radius 3 is 2.83 bits per heavy atom. The highest BCUT2D eigenvalue weighted by Crippen LogP contribution is 2.26. The maximum Gasteiger partial charge on any atom is 0.317 e. The van der Waals surface area contributed by atoms with Crippen molar-refractivity contribution in [3.63, 3.8) is 0 Å². The molecule has 2 rings (SSSR count). The van der Waals surface area contributed by atoms with E-state index in [1.807, 2.05) is 12.1 Å². The van der Waals surface area contributed by atoms with E-state index in [-0.39, 0.29) is 12.6 Å². The molecule has 1 aromatic rings. The molecule has 0 bridgehead atoms. The van der Waals surface area contributed by atoms with Gasteiger partial charge in [-0.05, 0) is 31.9 Å². The SMILES string of the molecule is CC(Cc1ccco1)N(CC(=O)O)C1CCCC1. The minimum atomic E-state index is -0.742. The molecule has 1 saturated carbocycles. The second kappa shape index (κ2) is 6.05. The topological polar surface area (TPSA) is 53.7 Å². The molecule has 1 N–H and O–H groups in total. The minimum absolute atomic E-state index is 0.131. The van der Waals surface area contributed by atoms with E-state index in [1.54, 1.807) is 6.26 Å². The summed E-state index contributed by atoms with van der Waals surface area (Å²) in [5, 5.41) is 9.05. The van der Waals surface area contributed by atoms with Gasteiger partial charge in [-0.1, -0.05) is 12.8 Å². The van der Waals surface area contributed by atoms with Gasteiger partial charge in [-0.15, -0.1) is 0 Å². The summed E-state index contributed by atoms with van der Waals surface area (Å²) in [6.45, 7) is 2.22. The van der Waals surface area contributed by atoms with Crippen molar-refractivity contribution in [2.45, 2.75) is 51.1 Å². The van der Waals surface area contributed by atoms with Crippen LogP contribution in [0.4, 0.5) is 0 Å². The van der Waals surface area contributed by atoms with Gasteiger partial charge in [-0.3, -0.25) is 9.69 Å². The van der Waals surface area contributed by atoms with Crippen LogP contribution < -0.4 is 0 Å². The monoisotopic (exact) mass is 251 g/mol. The van der Waals surface area contributed by atoms with E-state index >= 15 is 0 Å². The van der Waals surface area contributed by atoms with Crippen LogP contribution in [-0.2, 0) is 11.2 Å². The molecule has 1 atom stereocenters. The second-order valence-corrected chi connectivity index (χ2v) is 5.14. The summed E-state index contributed by atoms with van der Waals surface area (Å²) >= 11 is 0. The Balaban J connectivity index is 1.99. The number of hydrogen-bond acceptors (Lipinski definition) is 3. The Labute approximate surface area is 108 Å². The van der Waals surface area contributed by atoms with Crippen molar-refractivity contribution in [2.75, 3.05) is 6.54 Å². The third kappa shape index (κ3) is 3.35. The van der Waals surface area contributed by atoms with Crippen LogP contribution in [0.15, 0.2) is 22.8 Å². The Kier molecular flexibility index (Phi) is 4.42. The molecule has 1 unspecified atom stereocenters. The lowest BCUT2D eigenvalue weighted by molar-refractivity contribution is -0.139. The van der Waals surface area contributed by atoms with E-state index in [0.717, 1.165) is 25.0 Å². The molecule has 18 heavy (non-hydrogen) atoms. The third-order valence-corrected chi connectivity index (χ3v) is 3.75. The van der Waals surface area contributed by atoms with Gasteiger partial charge < -0.3 is 9.52 Å². The number of carboxylic acid groups (broad SMARTS) is 1. The predicted molar refractivity (Wildman–Crippen MR) is 68.5 cm³/mol. The summed E-state index contributed by atoms with van der Waals surface area (Å²) in [4.78, 5) is 13.1. The zero-order valence-corrected chi connectivity index (χ0v) is 10.8. The largest absolute Gasteiger partial charge is 0.480 e. The Morgan fingerprint density at radius 2 is 2.28 bits per heavy atom. The third-order valence-electron chi connectivity index (χ3n) is 3.75. The molecule has 0 amide bonds. The smallest absolute Gasteiger partial charge is 0.317 e. The van der Waals surface area contributed by atoms with E-state index in [0.29, 0.717) is 6.04 Å². The lowest BCUT2D eigenvalue weighted by Crippen LogP contribution is -2.44. The van der Waals surface area contributed by atoms with Gasteiger partial charge in [0.15, 0.2) is 0 Å². The fourth-order valence-electron chi connectivity index (χ4n) is 2.87. The summed E-state index contributed by atoms with van der Waals surface area (Å²) < 4.78 is 5.35. The zero-order chi connectivity index (χ0) is 13.0. The Morgan fingerprint density at radius 1 is 1.56 bits per heavy atom. The molecule has 0 saturated heterocycles. The van der Waals surface area contributed by atoms with Crippen LogP contribution >= 0.6 is 0 Å². The molecule has 0 spiro atoms. The van der Waals surface area contributed by atoms with Crippen molar-refractivity contribution in [2.24, 2.45) is 0 Å². The first-order valence-corrected chi connectivity index (χ1v) is 6.66. The number of nitrogens with zero attached hydrogens (tertiary/aromatic N) is 1. The lowest BCUT2D eigenvalue weighted by atomic mass is 10.1. The molecule has 1 aliphatic carbocycles. The Hall–Kier alpha value is -1.29. The van der Waals surface area contributed by atoms with E-state index in [9.17, 15) is 4.79 Å². The van der Waals surface area contributed by atoms with Crippen LogP contribution in [0.2, 0.25) is 0 Å². The van der Waals surface area contributed by atoms with Crippen molar-refractivity contribution in [3.05, 3.63) is 24.2 Å². The standard InChI is InChI=1S/C14H21NO3/c1-11(9-13-7-4-8-18-13)15(10-14(16)17)12-5-2-3-6-12/h4,7-8,11-12H,2-3,5-6,9-10H2,1H3,(H,16,17). The number of carbonyl (C=O) groups is 1. The average Bonchev–Trinajstić information content (AvgIpc) is 2.97. The second-order valence-electron chi connectivity index (χ2n) is 5.14. The van der Waals surface area contributed by atoms with Crippen LogP contribution in [0.3, 0.4) is 0 Å². The molecule has 0 aliphatic heterocycles. The molecular formula is C14H21NO3. The molecule has 100 valence electrons. The summed E-state index contributed by atoms with van der Waals surface area (Å²) in [5.41, 5.74) is 0. The molecule has 0 aromatic carbocycles. The van der Waals surface area contributed by atoms with E-state index in [1.165, 1.54) is 12.8 Å². The molecule has 4 nitrogen and oxygen atoms in total. The molecule has 1 heterocycles. The van der Waals surface area contributed by atoms with Crippen LogP contribution in [0.1, 0.15) is 38.4 Å². The van der Waals surface area contributed by atoms with Gasteiger partial charge in [0.25, 0.3) is 0 Å². The van der Waals surface area contributed by atoms with Crippen LogP contribution in [-0.4, -0.2) is 34.6 Å². The van der Waals surface area contributed by atoms with Crippen LogP contribution in [0.25, 0.3) is 0 Å². The van der Waals surface area contributed by atoms with Gasteiger partial charge in [0.1, 0.15) is 5.76 Å². The number of aliphatic carboxylic acids is 1. The average molecular weight is 251 g/mol. The maximum absolute atomic E-state index is 11.0. The molecular weight excluding hydrogens is 230 g/mol. The van der Waals surface area contributed by atoms with Gasteiger partial charge >= 0.3 is 5.97 Å². The highest BCUT2D eigenvalue weighted by Gasteiger charge is 2.28. The molecule has 1 aromatic heterocycles. The van der Waals surface area contributed by atoms with Crippen molar-refractivity contribution >= 4 is 5.97 Å². The van der Waals surface area contributed by atoms with E-state index in [2.05, 4.69) is 11.8 Å². The minimum Gasteiger partial charge on any atom is -0.480 e. The van der Waals surface area contributed by atoms with Crippen molar-refractivity contribution in [1.82, 2.24) is 4.90 Å². The van der Waals surface area contributed by atoms with Crippen LogP contribution in [0.5, 0.6) is 0 Å². The van der Waals surface area contributed by atoms with Crippen LogP contribution in [0, 0.1) is 0 Å². The molecule has 4 heteroatoms. The highest BCUT2D eigenvalue weighted by atomic mass is 16.4. The summed E-state index contributed by atoms with van der Waals surface area (Å²) in [5.74, 6) is 0.184.